The Bertz CT molecular complexity index is 1060. The van der Waals surface area contributed by atoms with Crippen molar-refractivity contribution in [3.63, 3.8) is 0 Å². The van der Waals surface area contributed by atoms with Gasteiger partial charge in [-0.05, 0) is 44.5 Å². The lowest BCUT2D eigenvalue weighted by Crippen LogP contribution is -2.38. The fourth-order valence-electron chi connectivity index (χ4n) is 3.88. The summed E-state index contributed by atoms with van der Waals surface area (Å²) >= 11 is 1.56. The van der Waals surface area contributed by atoms with E-state index in [2.05, 4.69) is 34.4 Å². The van der Waals surface area contributed by atoms with Gasteiger partial charge in [-0.15, -0.1) is 11.3 Å². The number of carbonyl (C=O) groups is 1. The van der Waals surface area contributed by atoms with Gasteiger partial charge in [-0.25, -0.2) is 4.98 Å². The molecule has 7 nitrogen and oxygen atoms in total. The Morgan fingerprint density at radius 2 is 2.18 bits per heavy atom. The van der Waals surface area contributed by atoms with E-state index in [1.54, 1.807) is 17.4 Å². The highest BCUT2D eigenvalue weighted by atomic mass is 32.1. The molecule has 0 unspecified atom stereocenters. The molecule has 2 aromatic heterocycles. The minimum atomic E-state index is -0.144. The molecule has 0 radical (unpaired) electrons. The number of rotatable bonds is 12. The van der Waals surface area contributed by atoms with E-state index in [0.29, 0.717) is 18.8 Å². The lowest BCUT2D eigenvalue weighted by Gasteiger charge is -2.18. The third kappa shape index (κ3) is 6.56. The predicted molar refractivity (Wildman–Crippen MR) is 141 cm³/mol. The molecule has 0 aliphatic carbocycles. The highest BCUT2D eigenvalue weighted by molar-refractivity contribution is 7.11. The van der Waals surface area contributed by atoms with Gasteiger partial charge in [0.25, 0.3) is 0 Å². The Morgan fingerprint density at radius 3 is 2.82 bits per heavy atom. The molecule has 3 N–H and O–H groups in total. The van der Waals surface area contributed by atoms with E-state index in [1.165, 1.54) is 12.8 Å². The van der Waals surface area contributed by atoms with E-state index in [0.717, 1.165) is 46.3 Å². The molecule has 3 rings (SSSR count). The number of likely N-dealkylation sites (N-methyl/N-ethyl adjacent to an activating group) is 1. The van der Waals surface area contributed by atoms with Crippen molar-refractivity contribution in [3.05, 3.63) is 65.4 Å². The van der Waals surface area contributed by atoms with Crippen LogP contribution in [-0.2, 0) is 4.79 Å². The van der Waals surface area contributed by atoms with Crippen molar-refractivity contribution in [2.45, 2.75) is 26.7 Å². The lowest BCUT2D eigenvalue weighted by molar-refractivity contribution is -0.121. The Hall–Kier alpha value is -2.94. The smallest absolute Gasteiger partial charge is 0.238 e. The molecular weight excluding hydrogens is 446 g/mol. The third-order valence-electron chi connectivity index (χ3n) is 5.88. The largest absolute Gasteiger partial charge is 0.395 e. The molecular formula is C26H35N5O2S. The number of allylic oxidation sites excluding steroid dienone is 4. The number of amides is 1. The number of hydrogen-bond acceptors (Lipinski definition) is 6. The molecule has 1 aliphatic heterocycles. The Labute approximate surface area is 206 Å². The molecule has 1 saturated heterocycles. The van der Waals surface area contributed by atoms with Crippen LogP contribution in [0.1, 0.15) is 37.4 Å². The zero-order chi connectivity index (χ0) is 24.5. The summed E-state index contributed by atoms with van der Waals surface area (Å²) < 4.78 is 0. The van der Waals surface area contributed by atoms with Crippen molar-refractivity contribution >= 4 is 28.5 Å². The molecule has 8 heteroatoms. The normalized spacial score (nSPS) is 14.6. The maximum atomic E-state index is 12.4. The minimum absolute atomic E-state index is 0.0232. The minimum Gasteiger partial charge on any atom is -0.395 e. The first-order chi connectivity index (χ1) is 16.5. The molecule has 1 amide bonds. The second kappa shape index (κ2) is 12.5. The molecule has 1 fully saturated rings. The van der Waals surface area contributed by atoms with Crippen LogP contribution in [0.5, 0.6) is 0 Å². The number of nitrogens with one attached hydrogen (secondary N) is 2. The van der Waals surface area contributed by atoms with E-state index < -0.39 is 0 Å². The quantitative estimate of drug-likeness (QED) is 0.398. The molecule has 0 atom stereocenters. The third-order valence-corrected chi connectivity index (χ3v) is 6.78. The van der Waals surface area contributed by atoms with Crippen molar-refractivity contribution in [1.29, 1.82) is 0 Å². The average molecular weight is 482 g/mol. The summed E-state index contributed by atoms with van der Waals surface area (Å²) in [6.45, 7) is 15.5. The highest BCUT2D eigenvalue weighted by Crippen LogP contribution is 2.30. The van der Waals surface area contributed by atoms with Gasteiger partial charge in [-0.3, -0.25) is 9.69 Å². The first kappa shape index (κ1) is 25.7. The van der Waals surface area contributed by atoms with Crippen LogP contribution in [0.3, 0.4) is 0 Å². The second-order valence-electron chi connectivity index (χ2n) is 8.17. The van der Waals surface area contributed by atoms with E-state index in [-0.39, 0.29) is 19.1 Å². The monoisotopic (exact) mass is 481 g/mol. The van der Waals surface area contributed by atoms with Crippen LogP contribution in [-0.4, -0.2) is 70.1 Å². The summed E-state index contributed by atoms with van der Waals surface area (Å²) in [5.41, 5.74) is 5.50. The molecule has 182 valence electrons. The Morgan fingerprint density at radius 1 is 1.41 bits per heavy atom. The summed E-state index contributed by atoms with van der Waals surface area (Å²) in [7, 11) is 0. The van der Waals surface area contributed by atoms with E-state index in [1.807, 2.05) is 42.5 Å². The van der Waals surface area contributed by atoms with Crippen LogP contribution in [0.25, 0.3) is 22.5 Å². The van der Waals surface area contributed by atoms with Gasteiger partial charge in [-0.2, -0.15) is 0 Å². The van der Waals surface area contributed by atoms with Crippen LogP contribution >= 0.6 is 11.3 Å². The van der Waals surface area contributed by atoms with E-state index in [4.69, 9.17) is 10.1 Å². The van der Waals surface area contributed by atoms with Crippen LogP contribution in [0.15, 0.2) is 54.7 Å². The van der Waals surface area contributed by atoms with Gasteiger partial charge in [0.2, 0.25) is 5.91 Å². The predicted octanol–water partition coefficient (Wildman–Crippen LogP) is 4.11. The van der Waals surface area contributed by atoms with Crippen LogP contribution in [0, 0.1) is 0 Å². The fourth-order valence-corrected chi connectivity index (χ4v) is 4.76. The van der Waals surface area contributed by atoms with Crippen LogP contribution < -0.4 is 5.32 Å². The molecule has 3 heterocycles. The number of aromatic amines is 1. The lowest BCUT2D eigenvalue weighted by atomic mass is 10.2. The van der Waals surface area contributed by atoms with E-state index in [9.17, 15) is 4.79 Å². The maximum Gasteiger partial charge on any atom is 0.238 e. The van der Waals surface area contributed by atoms with Gasteiger partial charge in [0.15, 0.2) is 0 Å². The van der Waals surface area contributed by atoms with Crippen molar-refractivity contribution in [2.75, 3.05) is 39.3 Å². The van der Waals surface area contributed by atoms with Crippen molar-refractivity contribution in [3.8, 4) is 11.3 Å². The number of aliphatic hydroxyl groups excluding tert-OH is 1. The fraction of sp³-hybridized carbons (Fsp3) is 0.385. The number of nitrogens with zero attached hydrogens (tertiary/aromatic N) is 3. The van der Waals surface area contributed by atoms with Gasteiger partial charge in [0.1, 0.15) is 5.01 Å². The molecule has 2 aromatic rings. The summed E-state index contributed by atoms with van der Waals surface area (Å²) in [4.78, 5) is 24.8. The van der Waals surface area contributed by atoms with Crippen LogP contribution in [0.4, 0.5) is 0 Å². The summed E-state index contributed by atoms with van der Waals surface area (Å²) in [6.07, 6.45) is 9.89. The first-order valence-corrected chi connectivity index (χ1v) is 12.6. The van der Waals surface area contributed by atoms with Gasteiger partial charge in [0.05, 0.1) is 30.2 Å². The number of aliphatic hydroxyl groups is 1. The molecule has 0 aromatic carbocycles. The number of hydrogen-bond donors (Lipinski definition) is 3. The van der Waals surface area contributed by atoms with Crippen molar-refractivity contribution in [2.24, 2.45) is 0 Å². The Balaban J connectivity index is 1.70. The van der Waals surface area contributed by atoms with Gasteiger partial charge < -0.3 is 20.3 Å². The van der Waals surface area contributed by atoms with E-state index >= 15 is 0 Å². The SMILES string of the molecule is C=C/C(=C\C(=C/C)c1nc(-c2c[nH]c(C(=C)N3CCCC3)c2)cs1)NC(=O)CN(CC)CCO. The Kier molecular flexibility index (Phi) is 9.44. The molecule has 0 saturated carbocycles. The summed E-state index contributed by atoms with van der Waals surface area (Å²) in [5.74, 6) is -0.144. The second-order valence-corrected chi connectivity index (χ2v) is 9.03. The summed E-state index contributed by atoms with van der Waals surface area (Å²) in [5, 5.41) is 14.9. The number of thiazole rings is 1. The van der Waals surface area contributed by atoms with Crippen LogP contribution in [0.2, 0.25) is 0 Å². The van der Waals surface area contributed by atoms with Crippen molar-refractivity contribution < 1.29 is 9.90 Å². The van der Waals surface area contributed by atoms with Gasteiger partial charge in [-0.1, -0.05) is 26.2 Å². The first-order valence-electron chi connectivity index (χ1n) is 11.7. The molecule has 0 spiro atoms. The molecule has 34 heavy (non-hydrogen) atoms. The topological polar surface area (TPSA) is 84.5 Å². The van der Waals surface area contributed by atoms with Gasteiger partial charge in [0, 0.05) is 48.0 Å². The highest BCUT2D eigenvalue weighted by Gasteiger charge is 2.17. The number of likely N-dealkylation sites (tertiary alicyclic amines) is 1. The average Bonchev–Trinajstić information content (AvgIpc) is 3.62. The standard InChI is InChI=1S/C26H35N5O2S/c1-5-20(14-22(6-2)28-25(33)17-30(7-3)12-13-32)26-29-24(18-34-26)21-15-23(27-16-21)19(4)31-10-8-9-11-31/h5-6,14-16,18,27,32H,2,4,7-13,17H2,1,3H3,(H,28,33)/b20-5+,22-14+. The van der Waals surface area contributed by atoms with Gasteiger partial charge >= 0.3 is 0 Å². The number of aromatic nitrogens is 2. The maximum absolute atomic E-state index is 12.4. The zero-order valence-corrected chi connectivity index (χ0v) is 21.0. The van der Waals surface area contributed by atoms with Crippen molar-refractivity contribution in [1.82, 2.24) is 25.1 Å². The zero-order valence-electron chi connectivity index (χ0n) is 20.1. The number of H-pyrrole nitrogens is 1. The molecule has 1 aliphatic rings. The number of carbonyl (C=O) groups excluding carboxylic acids is 1. The summed E-state index contributed by atoms with van der Waals surface area (Å²) in [6, 6.07) is 2.10. The molecule has 0 bridgehead atoms.